The summed E-state index contributed by atoms with van der Waals surface area (Å²) in [5, 5.41) is 0. The molecule has 3 rings (SSSR count). The average molecular weight is 437 g/mol. The van der Waals surface area contributed by atoms with Crippen LogP contribution >= 0.6 is 0 Å². The molecule has 0 radical (unpaired) electrons. The maximum absolute atomic E-state index is 14.8. The van der Waals surface area contributed by atoms with Crippen molar-refractivity contribution < 1.29 is 8.96 Å². The Morgan fingerprint density at radius 2 is 1.57 bits per heavy atom. The first-order valence-electron chi connectivity index (χ1n) is 9.99. The zero-order valence-corrected chi connectivity index (χ0v) is 20.2. The number of aryl methyl sites for hydroxylation is 2. The fourth-order valence-corrected chi connectivity index (χ4v) is 7.59. The van der Waals surface area contributed by atoms with Crippen LogP contribution < -0.4 is 8.96 Å². The Labute approximate surface area is 171 Å². The fourth-order valence-electron chi connectivity index (χ4n) is 3.83. The molecule has 3 aromatic rings. The van der Waals surface area contributed by atoms with Gasteiger partial charge in [-0.3, -0.25) is 0 Å². The quantitative estimate of drug-likeness (QED) is 0.350. The van der Waals surface area contributed by atoms with E-state index in [4.69, 9.17) is 0 Å². The molecule has 0 aliphatic rings. The van der Waals surface area contributed by atoms with Gasteiger partial charge in [0.05, 0.1) is 0 Å². The summed E-state index contributed by atoms with van der Waals surface area (Å²) in [5.41, 5.74) is 6.25. The molecule has 1 heterocycles. The normalized spacial score (nSPS) is 11.9. The number of benzene rings is 2. The predicted octanol–water partition coefficient (Wildman–Crippen LogP) is 5.96. The number of pyridine rings is 1. The van der Waals surface area contributed by atoms with E-state index in [1.807, 2.05) is 43.3 Å². The van der Waals surface area contributed by atoms with Crippen LogP contribution in [0, 0.1) is 12.7 Å². The van der Waals surface area contributed by atoms with Gasteiger partial charge in [0, 0.05) is 0 Å². The van der Waals surface area contributed by atoms with Crippen molar-refractivity contribution in [3.05, 3.63) is 71.7 Å². The second-order valence-electron chi connectivity index (χ2n) is 9.06. The van der Waals surface area contributed by atoms with Crippen molar-refractivity contribution in [2.45, 2.75) is 44.0 Å². The molecule has 1 aromatic heterocycles. The summed E-state index contributed by atoms with van der Waals surface area (Å²) < 4.78 is 18.5. The average Bonchev–Trinajstić information content (AvgIpc) is 2.61. The van der Waals surface area contributed by atoms with Gasteiger partial charge in [-0.05, 0) is 0 Å². The second kappa shape index (κ2) is 7.83. The van der Waals surface area contributed by atoms with Gasteiger partial charge in [0.1, 0.15) is 0 Å². The molecule has 0 N–H and O–H groups in total. The zero-order chi connectivity index (χ0) is 20.6. The maximum atomic E-state index is 14.8. The minimum absolute atomic E-state index is 0.164. The van der Waals surface area contributed by atoms with Crippen molar-refractivity contribution in [1.82, 2.24) is 0 Å². The molecule has 28 heavy (non-hydrogen) atoms. The van der Waals surface area contributed by atoms with E-state index in [1.54, 1.807) is 6.07 Å². The molecule has 2 aromatic carbocycles. The summed E-state index contributed by atoms with van der Waals surface area (Å²) in [6.07, 6.45) is 2.29. The SMILES string of the molecule is Cc1cc(F)c(-c2ccccc2)cc1-c1c[c]([Ge]([CH3])([CH3])[CH3])c(C(C)C)c[n+]1C. The van der Waals surface area contributed by atoms with Crippen molar-refractivity contribution in [3.8, 4) is 22.4 Å². The molecule has 146 valence electrons. The molecule has 0 aliphatic carbocycles. The third-order valence-electron chi connectivity index (χ3n) is 5.41. The van der Waals surface area contributed by atoms with Crippen molar-refractivity contribution in [2.75, 3.05) is 0 Å². The van der Waals surface area contributed by atoms with Crippen molar-refractivity contribution in [3.63, 3.8) is 0 Å². The molecule has 0 amide bonds. The van der Waals surface area contributed by atoms with Gasteiger partial charge >= 0.3 is 172 Å². The second-order valence-corrected chi connectivity index (χ2v) is 19.6. The molecular formula is C25H31FGeN+. The summed E-state index contributed by atoms with van der Waals surface area (Å²) in [6, 6.07) is 15.9. The van der Waals surface area contributed by atoms with Crippen LogP contribution in [-0.4, -0.2) is 13.3 Å². The number of rotatable bonds is 4. The Bertz CT molecular complexity index is 1000. The number of nitrogens with zero attached hydrogens (tertiary/aromatic N) is 1. The first-order valence-corrected chi connectivity index (χ1v) is 17.3. The topological polar surface area (TPSA) is 3.88 Å². The van der Waals surface area contributed by atoms with Crippen LogP contribution in [0.1, 0.15) is 30.9 Å². The van der Waals surface area contributed by atoms with Gasteiger partial charge in [-0.25, -0.2) is 0 Å². The molecule has 0 unspecified atom stereocenters. The molecule has 0 aliphatic heterocycles. The number of aromatic nitrogens is 1. The van der Waals surface area contributed by atoms with E-state index in [1.165, 1.54) is 9.96 Å². The van der Waals surface area contributed by atoms with Gasteiger partial charge in [0.2, 0.25) is 0 Å². The standard InChI is InChI=1S/C25H31FGeN/c1-17(2)22-16-28(7)25(15-24(22)27(4,5)6)20-14-21(23(26)13-18(20)3)19-11-9-8-10-12-19/h8-17H,1-7H3/q+1. The fraction of sp³-hybridized carbons (Fsp3) is 0.320. The van der Waals surface area contributed by atoms with E-state index in [-0.39, 0.29) is 5.82 Å². The summed E-state index contributed by atoms with van der Waals surface area (Å²) in [7, 11) is 2.10. The summed E-state index contributed by atoms with van der Waals surface area (Å²) in [4.78, 5) is 0. The van der Waals surface area contributed by atoms with Gasteiger partial charge in [0.25, 0.3) is 0 Å². The van der Waals surface area contributed by atoms with Crippen LogP contribution in [0.3, 0.4) is 0 Å². The van der Waals surface area contributed by atoms with Gasteiger partial charge in [-0.1, -0.05) is 0 Å². The van der Waals surface area contributed by atoms with Crippen molar-refractivity contribution in [1.29, 1.82) is 0 Å². The summed E-state index contributed by atoms with van der Waals surface area (Å²) in [5.74, 6) is 7.66. The molecule has 0 fully saturated rings. The molecule has 3 heteroatoms. The molecule has 0 spiro atoms. The first-order chi connectivity index (χ1) is 13.1. The summed E-state index contributed by atoms with van der Waals surface area (Å²) >= 11 is -2.07. The van der Waals surface area contributed by atoms with Crippen LogP contribution in [0.15, 0.2) is 54.7 Å². The van der Waals surface area contributed by atoms with Crippen LogP contribution in [0.4, 0.5) is 4.39 Å². The summed E-state index contributed by atoms with van der Waals surface area (Å²) in [6.45, 7) is 6.54. The first kappa shape index (κ1) is 20.8. The third kappa shape index (κ3) is 4.07. The van der Waals surface area contributed by atoms with Gasteiger partial charge in [-0.2, -0.15) is 0 Å². The van der Waals surface area contributed by atoms with Crippen LogP contribution in [-0.2, 0) is 7.05 Å². The predicted molar refractivity (Wildman–Crippen MR) is 120 cm³/mol. The van der Waals surface area contributed by atoms with Crippen molar-refractivity contribution in [2.24, 2.45) is 7.05 Å². The minimum atomic E-state index is -2.07. The van der Waals surface area contributed by atoms with E-state index in [0.29, 0.717) is 11.5 Å². The Balaban J connectivity index is 2.27. The van der Waals surface area contributed by atoms with Gasteiger partial charge in [-0.15, -0.1) is 0 Å². The van der Waals surface area contributed by atoms with E-state index in [9.17, 15) is 4.39 Å². The number of halogens is 1. The van der Waals surface area contributed by atoms with Crippen molar-refractivity contribution >= 4 is 17.7 Å². The third-order valence-corrected chi connectivity index (χ3v) is 9.71. The Morgan fingerprint density at radius 1 is 0.929 bits per heavy atom. The van der Waals surface area contributed by atoms with Gasteiger partial charge in [0.15, 0.2) is 0 Å². The Morgan fingerprint density at radius 3 is 2.14 bits per heavy atom. The van der Waals surface area contributed by atoms with Crippen LogP contribution in [0.2, 0.25) is 17.3 Å². The van der Waals surface area contributed by atoms with E-state index in [0.717, 1.165) is 22.4 Å². The van der Waals surface area contributed by atoms with E-state index in [2.05, 4.69) is 55.0 Å². The molecule has 0 bridgehead atoms. The van der Waals surface area contributed by atoms with Gasteiger partial charge < -0.3 is 0 Å². The molecule has 0 saturated carbocycles. The molecule has 0 atom stereocenters. The Kier molecular flexibility index (Phi) is 5.81. The number of hydrogen-bond donors (Lipinski definition) is 0. The van der Waals surface area contributed by atoms with E-state index < -0.39 is 13.3 Å². The molecule has 0 saturated heterocycles. The monoisotopic (exact) mass is 438 g/mol. The van der Waals surface area contributed by atoms with Crippen LogP contribution in [0.25, 0.3) is 22.4 Å². The molecular weight excluding hydrogens is 406 g/mol. The Hall–Kier alpha value is -1.94. The van der Waals surface area contributed by atoms with Crippen LogP contribution in [0.5, 0.6) is 0 Å². The van der Waals surface area contributed by atoms with E-state index >= 15 is 0 Å². The zero-order valence-electron chi connectivity index (χ0n) is 18.1. The molecule has 1 nitrogen and oxygen atoms in total. The number of hydrogen-bond acceptors (Lipinski definition) is 0.